The number of carboxylic acids is 1. The molecule has 1 saturated heterocycles. The Bertz CT molecular complexity index is 1150. The molecule has 0 unspecified atom stereocenters. The summed E-state index contributed by atoms with van der Waals surface area (Å²) in [4.78, 5) is 23.2. The van der Waals surface area contributed by atoms with Gasteiger partial charge in [-0.1, -0.05) is 49.0 Å². The molecule has 2 aliphatic heterocycles. The summed E-state index contributed by atoms with van der Waals surface area (Å²) in [6.07, 6.45) is 2.92. The van der Waals surface area contributed by atoms with Gasteiger partial charge in [0, 0.05) is 18.0 Å². The maximum absolute atomic E-state index is 11.0. The summed E-state index contributed by atoms with van der Waals surface area (Å²) in [7, 11) is 0. The van der Waals surface area contributed by atoms with Gasteiger partial charge in [-0.3, -0.25) is 9.98 Å². The zero-order valence-electron chi connectivity index (χ0n) is 18.3. The van der Waals surface area contributed by atoms with Crippen LogP contribution in [0.3, 0.4) is 0 Å². The molecule has 3 atom stereocenters. The Morgan fingerprint density at radius 2 is 1.91 bits per heavy atom. The van der Waals surface area contributed by atoms with Crippen LogP contribution in [0, 0.1) is 0 Å². The van der Waals surface area contributed by atoms with Crippen molar-refractivity contribution in [3.05, 3.63) is 95.3 Å². The van der Waals surface area contributed by atoms with Gasteiger partial charge in [-0.05, 0) is 53.9 Å². The molecule has 0 bridgehead atoms. The van der Waals surface area contributed by atoms with Crippen molar-refractivity contribution in [1.82, 2.24) is 9.88 Å². The molecule has 0 saturated carbocycles. The van der Waals surface area contributed by atoms with Gasteiger partial charge in [-0.2, -0.15) is 0 Å². The number of aliphatic imine (C=N–C) groups is 1. The molecule has 0 radical (unpaired) electrons. The number of benzene rings is 2. The van der Waals surface area contributed by atoms with Gasteiger partial charge >= 0.3 is 5.97 Å². The molecule has 5 rings (SSSR count). The molecule has 168 valence electrons. The third-order valence-corrected chi connectivity index (χ3v) is 7.28. The molecular formula is C26H25N3O3S. The zero-order valence-corrected chi connectivity index (χ0v) is 19.1. The van der Waals surface area contributed by atoms with Crippen molar-refractivity contribution in [2.75, 3.05) is 5.75 Å². The van der Waals surface area contributed by atoms with Gasteiger partial charge in [0.1, 0.15) is 18.4 Å². The minimum absolute atomic E-state index is 0.0254. The molecule has 2 aromatic carbocycles. The second-order valence-corrected chi connectivity index (χ2v) is 9.18. The van der Waals surface area contributed by atoms with Crippen molar-refractivity contribution in [1.29, 1.82) is 0 Å². The van der Waals surface area contributed by atoms with Gasteiger partial charge in [0.15, 0.2) is 5.17 Å². The standard InChI is InChI=1S/C26H25N3O3S/c1-2-20-16-33-26-28-23(22-5-3-4-14-27-22)24(29(20)26)18-10-12-21(13-11-18)32-15-17-6-8-19(9-7-17)25(30)31/h3-14,20,23-24H,2,15-16H2,1H3,(H,30,31)/t20-,23-,24+/m0/s1. The largest absolute Gasteiger partial charge is 0.489 e. The van der Waals surface area contributed by atoms with Crippen molar-refractivity contribution < 1.29 is 14.6 Å². The van der Waals surface area contributed by atoms with Crippen molar-refractivity contribution in [2.45, 2.75) is 38.1 Å². The number of nitrogens with zero attached hydrogens (tertiary/aromatic N) is 3. The summed E-state index contributed by atoms with van der Waals surface area (Å²) in [5, 5.41) is 10.1. The van der Waals surface area contributed by atoms with Crippen LogP contribution in [0.1, 0.15) is 52.6 Å². The molecule has 0 amide bonds. The number of ether oxygens (including phenoxy) is 1. The molecule has 33 heavy (non-hydrogen) atoms. The second-order valence-electron chi connectivity index (χ2n) is 8.20. The zero-order chi connectivity index (χ0) is 22.8. The fourth-order valence-electron chi connectivity index (χ4n) is 4.38. The summed E-state index contributed by atoms with van der Waals surface area (Å²) in [6, 6.07) is 21.6. The van der Waals surface area contributed by atoms with E-state index < -0.39 is 5.97 Å². The third-order valence-electron chi connectivity index (χ3n) is 6.16. The molecule has 7 heteroatoms. The van der Waals surface area contributed by atoms with Crippen LogP contribution in [0.5, 0.6) is 5.75 Å². The van der Waals surface area contributed by atoms with Gasteiger partial charge in [0.2, 0.25) is 0 Å². The summed E-state index contributed by atoms with van der Waals surface area (Å²) in [6.45, 7) is 2.62. The highest BCUT2D eigenvalue weighted by molar-refractivity contribution is 8.14. The highest BCUT2D eigenvalue weighted by atomic mass is 32.2. The summed E-state index contributed by atoms with van der Waals surface area (Å²) >= 11 is 1.84. The number of aromatic nitrogens is 1. The van der Waals surface area contributed by atoms with E-state index in [-0.39, 0.29) is 17.6 Å². The van der Waals surface area contributed by atoms with Crippen LogP contribution in [0.4, 0.5) is 0 Å². The lowest BCUT2D eigenvalue weighted by Crippen LogP contribution is -2.35. The molecule has 3 aromatic rings. The quantitative estimate of drug-likeness (QED) is 0.514. The van der Waals surface area contributed by atoms with Gasteiger partial charge in [-0.25, -0.2) is 4.79 Å². The smallest absolute Gasteiger partial charge is 0.335 e. The Morgan fingerprint density at radius 1 is 1.12 bits per heavy atom. The highest BCUT2D eigenvalue weighted by Crippen LogP contribution is 2.48. The topological polar surface area (TPSA) is 75.0 Å². The third kappa shape index (κ3) is 4.33. The van der Waals surface area contributed by atoms with Crippen LogP contribution < -0.4 is 4.74 Å². The number of pyridine rings is 1. The van der Waals surface area contributed by atoms with E-state index in [4.69, 9.17) is 14.8 Å². The van der Waals surface area contributed by atoms with E-state index in [2.05, 4.69) is 35.0 Å². The van der Waals surface area contributed by atoms with Crippen LogP contribution in [0.25, 0.3) is 0 Å². The van der Waals surface area contributed by atoms with Crippen molar-refractivity contribution in [3.8, 4) is 5.75 Å². The SMILES string of the molecule is CC[C@H]1CSC2=N[C@@H](c3ccccn3)[C@@H](c3ccc(OCc4ccc(C(=O)O)cc4)cc3)N21. The van der Waals surface area contributed by atoms with Crippen molar-refractivity contribution >= 4 is 22.9 Å². The van der Waals surface area contributed by atoms with Crippen LogP contribution in [-0.4, -0.2) is 37.9 Å². The van der Waals surface area contributed by atoms with E-state index in [0.717, 1.165) is 34.3 Å². The number of aromatic carboxylic acids is 1. The number of amidine groups is 1. The summed E-state index contributed by atoms with van der Waals surface area (Å²) in [5.74, 6) is 0.920. The Labute approximate surface area is 197 Å². The lowest BCUT2D eigenvalue weighted by atomic mass is 9.95. The first-order chi connectivity index (χ1) is 16.1. The predicted molar refractivity (Wildman–Crippen MR) is 130 cm³/mol. The van der Waals surface area contributed by atoms with E-state index in [9.17, 15) is 4.79 Å². The molecule has 1 fully saturated rings. The average Bonchev–Trinajstić information content (AvgIpc) is 3.43. The molecule has 3 heterocycles. The predicted octanol–water partition coefficient (Wildman–Crippen LogP) is 5.34. The highest BCUT2D eigenvalue weighted by Gasteiger charge is 2.45. The minimum Gasteiger partial charge on any atom is -0.489 e. The molecule has 0 aliphatic carbocycles. The van der Waals surface area contributed by atoms with E-state index in [1.807, 2.05) is 42.2 Å². The normalized spacial score (nSPS) is 21.5. The fourth-order valence-corrected chi connectivity index (χ4v) is 5.72. The minimum atomic E-state index is -0.928. The van der Waals surface area contributed by atoms with Gasteiger partial charge in [0.05, 0.1) is 17.3 Å². The lowest BCUT2D eigenvalue weighted by Gasteiger charge is -2.32. The number of carbonyl (C=O) groups is 1. The number of hydrogen-bond donors (Lipinski definition) is 1. The number of thioether (sulfide) groups is 1. The number of carboxylic acid groups (broad SMARTS) is 1. The van der Waals surface area contributed by atoms with Crippen molar-refractivity contribution in [2.24, 2.45) is 4.99 Å². The molecular weight excluding hydrogens is 434 g/mol. The van der Waals surface area contributed by atoms with Crippen LogP contribution in [-0.2, 0) is 6.61 Å². The van der Waals surface area contributed by atoms with Gasteiger partial charge in [0.25, 0.3) is 0 Å². The Morgan fingerprint density at radius 3 is 2.58 bits per heavy atom. The number of rotatable bonds is 7. The lowest BCUT2D eigenvalue weighted by molar-refractivity contribution is 0.0697. The van der Waals surface area contributed by atoms with Crippen LogP contribution in [0.15, 0.2) is 77.9 Å². The van der Waals surface area contributed by atoms with E-state index in [1.165, 1.54) is 5.56 Å². The van der Waals surface area contributed by atoms with Gasteiger partial charge < -0.3 is 14.7 Å². The first kappa shape index (κ1) is 21.5. The molecule has 6 nitrogen and oxygen atoms in total. The van der Waals surface area contributed by atoms with Crippen LogP contribution >= 0.6 is 11.8 Å². The second kappa shape index (κ2) is 9.27. The fraction of sp³-hybridized carbons (Fsp3) is 0.269. The van der Waals surface area contributed by atoms with Crippen molar-refractivity contribution in [3.63, 3.8) is 0 Å². The van der Waals surface area contributed by atoms with E-state index in [0.29, 0.717) is 12.6 Å². The molecule has 0 spiro atoms. The Balaban J connectivity index is 1.34. The van der Waals surface area contributed by atoms with Gasteiger partial charge in [-0.15, -0.1) is 0 Å². The first-order valence-corrected chi connectivity index (χ1v) is 12.1. The number of hydrogen-bond acceptors (Lipinski definition) is 6. The number of fused-ring (bicyclic) bond motifs is 1. The summed E-state index contributed by atoms with van der Waals surface area (Å²) < 4.78 is 5.94. The Hall–Kier alpha value is -3.32. The maximum Gasteiger partial charge on any atom is 0.335 e. The average molecular weight is 460 g/mol. The Kier molecular flexibility index (Phi) is 6.05. The molecule has 2 aliphatic rings. The first-order valence-electron chi connectivity index (χ1n) is 11.1. The summed E-state index contributed by atoms with van der Waals surface area (Å²) in [5.41, 5.74) is 3.38. The van der Waals surface area contributed by atoms with E-state index in [1.54, 1.807) is 24.3 Å². The molecule has 1 aromatic heterocycles. The van der Waals surface area contributed by atoms with E-state index >= 15 is 0 Å². The van der Waals surface area contributed by atoms with Crippen LogP contribution in [0.2, 0.25) is 0 Å². The maximum atomic E-state index is 11.0. The monoisotopic (exact) mass is 459 g/mol. The molecule has 1 N–H and O–H groups in total.